The highest BCUT2D eigenvalue weighted by Gasteiger charge is 2.25. The van der Waals surface area contributed by atoms with Crippen LogP contribution < -0.4 is 4.90 Å². The molecule has 0 atom stereocenters. The maximum absolute atomic E-state index is 13.9. The van der Waals surface area contributed by atoms with E-state index in [1.54, 1.807) is 22.4 Å². The summed E-state index contributed by atoms with van der Waals surface area (Å²) in [7, 11) is 0. The van der Waals surface area contributed by atoms with Crippen LogP contribution in [-0.2, 0) is 0 Å². The first-order chi connectivity index (χ1) is 15.0. The van der Waals surface area contributed by atoms with Crippen LogP contribution in [0.2, 0.25) is 0 Å². The molecule has 2 heterocycles. The number of benzene rings is 2. The third-order valence-electron chi connectivity index (χ3n) is 5.56. The van der Waals surface area contributed by atoms with E-state index in [0.717, 1.165) is 10.6 Å². The van der Waals surface area contributed by atoms with Crippen molar-refractivity contribution in [3.05, 3.63) is 70.5 Å². The molecule has 0 radical (unpaired) electrons. The molecule has 1 aliphatic heterocycles. The second-order valence-corrected chi connectivity index (χ2v) is 8.70. The predicted molar refractivity (Wildman–Crippen MR) is 121 cm³/mol. The molecule has 31 heavy (non-hydrogen) atoms. The van der Waals surface area contributed by atoms with Crippen LogP contribution in [0, 0.1) is 17.1 Å². The summed E-state index contributed by atoms with van der Waals surface area (Å²) in [6, 6.07) is 14.9. The van der Waals surface area contributed by atoms with E-state index >= 15 is 0 Å². The highest BCUT2D eigenvalue weighted by atomic mass is 32.1. The number of anilines is 1. The van der Waals surface area contributed by atoms with Crippen molar-refractivity contribution in [2.45, 2.75) is 19.8 Å². The fraction of sp³-hybridized carbons (Fsp3) is 0.292. The Hall–Kier alpha value is -3.24. The number of halogens is 1. The zero-order valence-electron chi connectivity index (χ0n) is 17.5. The van der Waals surface area contributed by atoms with Crippen molar-refractivity contribution in [2.75, 3.05) is 31.1 Å². The lowest BCUT2D eigenvalue weighted by Gasteiger charge is -2.36. The van der Waals surface area contributed by atoms with Gasteiger partial charge in [-0.3, -0.25) is 4.79 Å². The summed E-state index contributed by atoms with van der Waals surface area (Å²) in [6.45, 7) is 6.38. The lowest BCUT2D eigenvalue weighted by molar-refractivity contribution is 0.0741. The van der Waals surface area contributed by atoms with Crippen molar-refractivity contribution < 1.29 is 9.18 Å². The van der Waals surface area contributed by atoms with Gasteiger partial charge in [0.15, 0.2) is 0 Å². The Bertz CT molecular complexity index is 1130. The topological polar surface area (TPSA) is 60.2 Å². The third-order valence-corrected chi connectivity index (χ3v) is 6.45. The van der Waals surface area contributed by atoms with E-state index in [1.807, 2.05) is 23.1 Å². The summed E-state index contributed by atoms with van der Waals surface area (Å²) in [5.74, 6) is -0.145. The zero-order valence-corrected chi connectivity index (χ0v) is 18.3. The lowest BCUT2D eigenvalue weighted by atomic mass is 10.0. The Morgan fingerprint density at radius 1 is 1.13 bits per heavy atom. The molecule has 0 unspecified atom stereocenters. The predicted octanol–water partition coefficient (Wildman–Crippen LogP) is 4.91. The van der Waals surface area contributed by atoms with Crippen molar-refractivity contribution in [1.82, 2.24) is 9.88 Å². The van der Waals surface area contributed by atoms with Crippen molar-refractivity contribution in [2.24, 2.45) is 0 Å². The first-order valence-corrected chi connectivity index (χ1v) is 11.1. The summed E-state index contributed by atoms with van der Waals surface area (Å²) in [5.41, 5.74) is 3.36. The Kier molecular flexibility index (Phi) is 6.01. The number of hydrogen-bond donors (Lipinski definition) is 0. The van der Waals surface area contributed by atoms with Crippen LogP contribution in [0.1, 0.15) is 41.4 Å². The Morgan fingerprint density at radius 3 is 2.48 bits per heavy atom. The van der Waals surface area contributed by atoms with Gasteiger partial charge in [0, 0.05) is 37.1 Å². The first-order valence-electron chi connectivity index (χ1n) is 10.3. The third kappa shape index (κ3) is 4.30. The van der Waals surface area contributed by atoms with Gasteiger partial charge >= 0.3 is 0 Å². The first kappa shape index (κ1) is 21.0. The molecule has 0 saturated carbocycles. The molecule has 0 spiro atoms. The van der Waals surface area contributed by atoms with Gasteiger partial charge in [-0.2, -0.15) is 5.26 Å². The molecule has 3 aromatic rings. The van der Waals surface area contributed by atoms with E-state index in [9.17, 15) is 14.4 Å². The van der Waals surface area contributed by atoms with Crippen LogP contribution in [0.5, 0.6) is 0 Å². The van der Waals surface area contributed by atoms with Gasteiger partial charge in [-0.05, 0) is 23.6 Å². The van der Waals surface area contributed by atoms with E-state index in [-0.39, 0.29) is 11.5 Å². The minimum atomic E-state index is -0.519. The average Bonchev–Trinajstić information content (AvgIpc) is 3.29. The number of hydrogen-bond acceptors (Lipinski definition) is 5. The maximum atomic E-state index is 13.9. The van der Waals surface area contributed by atoms with Gasteiger partial charge in [0.25, 0.3) is 5.91 Å². The molecule has 0 N–H and O–H groups in total. The quantitative estimate of drug-likeness (QED) is 0.586. The van der Waals surface area contributed by atoms with Crippen molar-refractivity contribution >= 4 is 22.9 Å². The lowest BCUT2D eigenvalue weighted by Crippen LogP contribution is -2.49. The molecule has 4 rings (SSSR count). The number of thiazole rings is 1. The highest BCUT2D eigenvalue weighted by molar-refractivity contribution is 7.13. The molecule has 1 aliphatic rings. The summed E-state index contributed by atoms with van der Waals surface area (Å²) in [6.07, 6.45) is 0. The van der Waals surface area contributed by atoms with Crippen molar-refractivity contribution in [1.29, 1.82) is 5.26 Å². The Morgan fingerprint density at radius 2 is 1.84 bits per heavy atom. The SMILES string of the molecule is CC(C)c1ccc(-c2nc(C(=O)N3CCN(c4cccc(F)c4C#N)CC3)cs2)cc1. The smallest absolute Gasteiger partial charge is 0.273 e. The number of piperazine rings is 1. The van der Waals surface area contributed by atoms with E-state index in [4.69, 9.17) is 0 Å². The van der Waals surface area contributed by atoms with E-state index in [1.165, 1.54) is 23.0 Å². The number of nitrogens with zero attached hydrogens (tertiary/aromatic N) is 4. The van der Waals surface area contributed by atoms with Crippen LogP contribution in [0.3, 0.4) is 0 Å². The number of nitriles is 1. The number of carbonyl (C=O) groups is 1. The van der Waals surface area contributed by atoms with Gasteiger partial charge in [0.1, 0.15) is 28.2 Å². The standard InChI is InChI=1S/C24H23FN4OS/c1-16(2)17-6-8-18(9-7-17)23-27-21(15-31-23)24(30)29-12-10-28(11-13-29)22-5-3-4-20(25)19(22)14-26/h3-9,15-16H,10-13H2,1-2H3. The van der Waals surface area contributed by atoms with Gasteiger partial charge in [-0.25, -0.2) is 9.37 Å². The molecule has 7 heteroatoms. The molecular weight excluding hydrogens is 411 g/mol. The number of rotatable bonds is 4. The second kappa shape index (κ2) is 8.86. The summed E-state index contributed by atoms with van der Waals surface area (Å²) in [4.78, 5) is 21.2. The van der Waals surface area contributed by atoms with Gasteiger partial charge in [-0.1, -0.05) is 44.2 Å². The van der Waals surface area contributed by atoms with Crippen LogP contribution >= 0.6 is 11.3 Å². The maximum Gasteiger partial charge on any atom is 0.273 e. The Balaban J connectivity index is 1.43. The normalized spacial score (nSPS) is 14.0. The fourth-order valence-electron chi connectivity index (χ4n) is 3.71. The van der Waals surface area contributed by atoms with Gasteiger partial charge in [-0.15, -0.1) is 11.3 Å². The summed E-state index contributed by atoms with van der Waals surface area (Å²) >= 11 is 1.47. The van der Waals surface area contributed by atoms with E-state index in [0.29, 0.717) is 43.5 Å². The van der Waals surface area contributed by atoms with Crippen molar-refractivity contribution in [3.63, 3.8) is 0 Å². The van der Waals surface area contributed by atoms with Gasteiger partial charge in [0.2, 0.25) is 0 Å². The minimum Gasteiger partial charge on any atom is -0.367 e. The molecule has 2 aromatic carbocycles. The number of aromatic nitrogens is 1. The molecule has 158 valence electrons. The molecule has 0 aliphatic carbocycles. The van der Waals surface area contributed by atoms with Crippen molar-refractivity contribution in [3.8, 4) is 16.6 Å². The second-order valence-electron chi connectivity index (χ2n) is 7.84. The van der Waals surface area contributed by atoms with E-state index < -0.39 is 5.82 Å². The number of amides is 1. The minimum absolute atomic E-state index is 0.0508. The molecule has 1 aromatic heterocycles. The largest absolute Gasteiger partial charge is 0.367 e. The van der Waals surface area contributed by atoms with Gasteiger partial charge in [0.05, 0.1) is 5.69 Å². The van der Waals surface area contributed by atoms with Crippen LogP contribution in [0.15, 0.2) is 47.8 Å². The van der Waals surface area contributed by atoms with Gasteiger partial charge < -0.3 is 9.80 Å². The molecule has 1 saturated heterocycles. The van der Waals surface area contributed by atoms with Crippen LogP contribution in [0.4, 0.5) is 10.1 Å². The zero-order chi connectivity index (χ0) is 22.0. The molecule has 5 nitrogen and oxygen atoms in total. The summed E-state index contributed by atoms with van der Waals surface area (Å²) < 4.78 is 13.9. The Labute approximate surface area is 185 Å². The monoisotopic (exact) mass is 434 g/mol. The molecule has 1 amide bonds. The highest BCUT2D eigenvalue weighted by Crippen LogP contribution is 2.27. The molecule has 0 bridgehead atoms. The van der Waals surface area contributed by atoms with Crippen LogP contribution in [-0.4, -0.2) is 42.0 Å². The molecular formula is C24H23FN4OS. The summed E-state index contributed by atoms with van der Waals surface area (Å²) in [5, 5.41) is 11.9. The fourth-order valence-corrected chi connectivity index (χ4v) is 4.51. The average molecular weight is 435 g/mol. The number of carbonyl (C=O) groups excluding carboxylic acids is 1. The van der Waals surface area contributed by atoms with E-state index in [2.05, 4.69) is 31.0 Å². The molecule has 1 fully saturated rings. The van der Waals surface area contributed by atoms with Crippen LogP contribution in [0.25, 0.3) is 10.6 Å².